The molecule has 0 saturated heterocycles. The Morgan fingerprint density at radius 2 is 1.31 bits per heavy atom. The second kappa shape index (κ2) is 4.43. The first kappa shape index (κ1) is 10.3. The molecule has 0 radical (unpaired) electrons. The number of rotatable bonds is 3. The number of allylic oxidation sites excluding steroid dienone is 2. The van der Waals surface area contributed by atoms with Gasteiger partial charge in [-0.1, -0.05) is 18.2 Å². The lowest BCUT2D eigenvalue weighted by Gasteiger charge is -2.36. The Labute approximate surface area is 81.0 Å². The van der Waals surface area contributed by atoms with E-state index in [4.69, 9.17) is 5.73 Å². The fourth-order valence-electron chi connectivity index (χ4n) is 2.14. The molecule has 2 N–H and O–H groups in total. The SMILES string of the molecule is C=CC1C[C@@H](C=C)C(N)C[C@@H]1C=C. The van der Waals surface area contributed by atoms with Gasteiger partial charge in [0.05, 0.1) is 0 Å². The van der Waals surface area contributed by atoms with Gasteiger partial charge in [-0.15, -0.1) is 19.7 Å². The molecule has 13 heavy (non-hydrogen) atoms. The van der Waals surface area contributed by atoms with E-state index in [0.29, 0.717) is 17.8 Å². The molecule has 0 aromatic rings. The average molecular weight is 177 g/mol. The van der Waals surface area contributed by atoms with Crippen LogP contribution in [0.1, 0.15) is 12.8 Å². The summed E-state index contributed by atoms with van der Waals surface area (Å²) in [5.74, 6) is 1.48. The lowest BCUT2D eigenvalue weighted by Crippen LogP contribution is -2.38. The van der Waals surface area contributed by atoms with Crippen LogP contribution in [-0.2, 0) is 0 Å². The molecule has 0 aromatic heterocycles. The molecule has 1 fully saturated rings. The summed E-state index contributed by atoms with van der Waals surface area (Å²) in [6.07, 6.45) is 8.09. The Kier molecular flexibility index (Phi) is 3.49. The molecule has 1 saturated carbocycles. The van der Waals surface area contributed by atoms with Gasteiger partial charge in [0, 0.05) is 6.04 Å². The third kappa shape index (κ3) is 2.10. The van der Waals surface area contributed by atoms with Gasteiger partial charge >= 0.3 is 0 Å². The minimum atomic E-state index is 0.247. The highest BCUT2D eigenvalue weighted by molar-refractivity contribution is 5.04. The number of hydrogen-bond donors (Lipinski definition) is 1. The van der Waals surface area contributed by atoms with Crippen molar-refractivity contribution in [2.75, 3.05) is 0 Å². The van der Waals surface area contributed by atoms with Crippen LogP contribution in [0.5, 0.6) is 0 Å². The van der Waals surface area contributed by atoms with Crippen molar-refractivity contribution in [3.63, 3.8) is 0 Å². The highest BCUT2D eigenvalue weighted by Crippen LogP contribution is 2.34. The van der Waals surface area contributed by atoms with Crippen molar-refractivity contribution in [2.45, 2.75) is 18.9 Å². The zero-order valence-electron chi connectivity index (χ0n) is 8.15. The van der Waals surface area contributed by atoms with Crippen LogP contribution in [0.3, 0.4) is 0 Å². The third-order valence-electron chi connectivity index (χ3n) is 3.10. The summed E-state index contributed by atoms with van der Waals surface area (Å²) in [5, 5.41) is 0. The molecular weight excluding hydrogens is 158 g/mol. The number of nitrogens with two attached hydrogens (primary N) is 1. The maximum atomic E-state index is 6.02. The standard InChI is InChI=1S/C12H19N/c1-4-9-7-11(6-3)12(13)8-10(9)5-2/h4-6,9-12H,1-3,7-8,13H2/t9?,10-,11+,12?/m0/s1. The van der Waals surface area contributed by atoms with Crippen LogP contribution < -0.4 is 5.73 Å². The molecule has 0 bridgehead atoms. The molecule has 2 unspecified atom stereocenters. The molecule has 0 amide bonds. The quantitative estimate of drug-likeness (QED) is 0.659. The molecule has 1 aliphatic carbocycles. The van der Waals surface area contributed by atoms with Crippen molar-refractivity contribution in [3.05, 3.63) is 38.0 Å². The van der Waals surface area contributed by atoms with Crippen molar-refractivity contribution in [2.24, 2.45) is 23.5 Å². The molecule has 1 aliphatic rings. The number of hydrogen-bond acceptors (Lipinski definition) is 1. The van der Waals surface area contributed by atoms with Gasteiger partial charge in [0.15, 0.2) is 0 Å². The molecule has 0 aliphatic heterocycles. The topological polar surface area (TPSA) is 26.0 Å². The molecule has 0 aromatic carbocycles. The molecule has 0 heterocycles. The average Bonchev–Trinajstić information content (AvgIpc) is 2.17. The largest absolute Gasteiger partial charge is 0.327 e. The first-order valence-electron chi connectivity index (χ1n) is 4.86. The van der Waals surface area contributed by atoms with Crippen LogP contribution in [0, 0.1) is 17.8 Å². The van der Waals surface area contributed by atoms with Crippen molar-refractivity contribution in [3.8, 4) is 0 Å². The molecule has 72 valence electrons. The van der Waals surface area contributed by atoms with Gasteiger partial charge in [-0.25, -0.2) is 0 Å². The van der Waals surface area contributed by atoms with Crippen molar-refractivity contribution < 1.29 is 0 Å². The van der Waals surface area contributed by atoms with Gasteiger partial charge in [-0.2, -0.15) is 0 Å². The zero-order valence-corrected chi connectivity index (χ0v) is 8.15. The minimum absolute atomic E-state index is 0.247. The molecule has 1 heteroatoms. The van der Waals surface area contributed by atoms with E-state index in [0.717, 1.165) is 12.8 Å². The second-order valence-corrected chi connectivity index (χ2v) is 3.83. The molecule has 0 spiro atoms. The van der Waals surface area contributed by atoms with Crippen LogP contribution in [0.15, 0.2) is 38.0 Å². The van der Waals surface area contributed by atoms with Gasteiger partial charge in [0.2, 0.25) is 0 Å². The Bertz CT molecular complexity index is 207. The van der Waals surface area contributed by atoms with Crippen molar-refractivity contribution in [1.82, 2.24) is 0 Å². The van der Waals surface area contributed by atoms with Crippen molar-refractivity contribution >= 4 is 0 Å². The lowest BCUT2D eigenvalue weighted by molar-refractivity contribution is 0.253. The van der Waals surface area contributed by atoms with Gasteiger partial charge in [0.1, 0.15) is 0 Å². The van der Waals surface area contributed by atoms with Crippen LogP contribution >= 0.6 is 0 Å². The smallest absolute Gasteiger partial charge is 0.0108 e. The molecule has 1 rings (SSSR count). The first-order chi connectivity index (χ1) is 6.22. The summed E-state index contributed by atoms with van der Waals surface area (Å²) in [6, 6.07) is 0.247. The maximum Gasteiger partial charge on any atom is 0.0108 e. The highest BCUT2D eigenvalue weighted by atomic mass is 14.7. The fourth-order valence-corrected chi connectivity index (χ4v) is 2.14. The predicted molar refractivity (Wildman–Crippen MR) is 58.3 cm³/mol. The summed E-state index contributed by atoms with van der Waals surface area (Å²) >= 11 is 0. The van der Waals surface area contributed by atoms with Crippen LogP contribution in [0.4, 0.5) is 0 Å². The van der Waals surface area contributed by atoms with Crippen LogP contribution in [0.2, 0.25) is 0 Å². The Morgan fingerprint density at radius 3 is 1.77 bits per heavy atom. The van der Waals surface area contributed by atoms with Crippen molar-refractivity contribution in [1.29, 1.82) is 0 Å². The van der Waals surface area contributed by atoms with Gasteiger partial charge in [-0.05, 0) is 30.6 Å². The van der Waals surface area contributed by atoms with E-state index in [1.165, 1.54) is 0 Å². The van der Waals surface area contributed by atoms with Crippen LogP contribution in [-0.4, -0.2) is 6.04 Å². The van der Waals surface area contributed by atoms with E-state index in [1.807, 2.05) is 18.2 Å². The van der Waals surface area contributed by atoms with Gasteiger partial charge in [-0.3, -0.25) is 0 Å². The van der Waals surface area contributed by atoms with E-state index in [-0.39, 0.29) is 6.04 Å². The Hall–Kier alpha value is -0.820. The van der Waals surface area contributed by atoms with E-state index in [1.54, 1.807) is 0 Å². The minimum Gasteiger partial charge on any atom is -0.327 e. The summed E-state index contributed by atoms with van der Waals surface area (Å²) < 4.78 is 0. The lowest BCUT2D eigenvalue weighted by atomic mass is 9.72. The van der Waals surface area contributed by atoms with Gasteiger partial charge in [0.25, 0.3) is 0 Å². The van der Waals surface area contributed by atoms with Gasteiger partial charge < -0.3 is 5.73 Å². The molecule has 4 atom stereocenters. The summed E-state index contributed by atoms with van der Waals surface area (Å²) in [4.78, 5) is 0. The van der Waals surface area contributed by atoms with E-state index in [2.05, 4.69) is 19.7 Å². The Balaban J connectivity index is 2.70. The fraction of sp³-hybridized carbons (Fsp3) is 0.500. The first-order valence-corrected chi connectivity index (χ1v) is 4.86. The summed E-state index contributed by atoms with van der Waals surface area (Å²) in [7, 11) is 0. The van der Waals surface area contributed by atoms with Crippen LogP contribution in [0.25, 0.3) is 0 Å². The monoisotopic (exact) mass is 177 g/mol. The normalized spacial score (nSPS) is 39.5. The summed E-state index contributed by atoms with van der Waals surface area (Å²) in [6.45, 7) is 11.5. The molecule has 1 nitrogen and oxygen atoms in total. The molecular formula is C12H19N. The summed E-state index contributed by atoms with van der Waals surface area (Å²) in [5.41, 5.74) is 6.02. The second-order valence-electron chi connectivity index (χ2n) is 3.83. The highest BCUT2D eigenvalue weighted by Gasteiger charge is 2.30. The third-order valence-corrected chi connectivity index (χ3v) is 3.10. The zero-order chi connectivity index (χ0) is 9.84. The van der Waals surface area contributed by atoms with E-state index >= 15 is 0 Å². The predicted octanol–water partition coefficient (Wildman–Crippen LogP) is 2.51. The van der Waals surface area contributed by atoms with E-state index < -0.39 is 0 Å². The van der Waals surface area contributed by atoms with E-state index in [9.17, 15) is 0 Å². The maximum absolute atomic E-state index is 6.02. The Morgan fingerprint density at radius 1 is 0.846 bits per heavy atom.